The highest BCUT2D eigenvalue weighted by molar-refractivity contribution is 7.92. The quantitative estimate of drug-likeness (QED) is 0.288. The zero-order valence-corrected chi connectivity index (χ0v) is 24.9. The Morgan fingerprint density at radius 3 is 2.50 bits per heavy atom. The number of hydrogen-bond acceptors (Lipinski definition) is 9. The maximum atomic E-state index is 14.1. The molecule has 2 aromatic rings. The molecule has 10 nitrogen and oxygen atoms in total. The highest BCUT2D eigenvalue weighted by Crippen LogP contribution is 2.51. The molecule has 0 aromatic heterocycles. The lowest BCUT2D eigenvalue weighted by atomic mass is 9.66. The van der Waals surface area contributed by atoms with Gasteiger partial charge >= 0.3 is 6.09 Å². The van der Waals surface area contributed by atoms with Crippen LogP contribution in [0.15, 0.2) is 59.5 Å². The third-order valence-corrected chi connectivity index (χ3v) is 11.0. The Balaban J connectivity index is 1.70. The molecule has 1 heterocycles. The van der Waals surface area contributed by atoms with E-state index in [0.29, 0.717) is 38.0 Å². The summed E-state index contributed by atoms with van der Waals surface area (Å²) in [6, 6.07) is 17.6. The van der Waals surface area contributed by atoms with Gasteiger partial charge in [-0.2, -0.15) is 5.26 Å². The van der Waals surface area contributed by atoms with Crippen molar-refractivity contribution in [2.75, 3.05) is 20.3 Å². The lowest BCUT2D eigenvalue weighted by molar-refractivity contribution is 0.0313. The summed E-state index contributed by atoms with van der Waals surface area (Å²) in [5, 5.41) is 23.6. The molecule has 42 heavy (non-hydrogen) atoms. The maximum Gasteiger partial charge on any atom is 0.409 e. The number of nitrogens with one attached hydrogen (secondary N) is 1. The van der Waals surface area contributed by atoms with Crippen molar-refractivity contribution in [3.8, 4) is 11.8 Å². The molecule has 4 N–H and O–H groups in total. The van der Waals surface area contributed by atoms with Gasteiger partial charge in [-0.25, -0.2) is 13.2 Å². The first-order chi connectivity index (χ1) is 20.1. The van der Waals surface area contributed by atoms with Crippen LogP contribution in [0.5, 0.6) is 5.75 Å². The molecule has 1 saturated heterocycles. The summed E-state index contributed by atoms with van der Waals surface area (Å²) in [7, 11) is -3.09. The number of alkyl carbamates (subject to hydrolysis) is 1. The largest absolute Gasteiger partial charge is 0.497 e. The van der Waals surface area contributed by atoms with Gasteiger partial charge in [0.25, 0.3) is 0 Å². The number of methoxy groups -OCH3 is 1. The number of aliphatic hydroxyl groups excluding tert-OH is 1. The molecule has 0 bridgehead atoms. The average molecular weight is 600 g/mol. The number of benzene rings is 2. The zero-order chi connectivity index (χ0) is 30.2. The highest BCUT2D eigenvalue weighted by Gasteiger charge is 2.52. The Labute approximate surface area is 248 Å². The van der Waals surface area contributed by atoms with E-state index in [-0.39, 0.29) is 29.3 Å². The number of hydrogen-bond donors (Lipinski definition) is 3. The minimum Gasteiger partial charge on any atom is -0.497 e. The van der Waals surface area contributed by atoms with Crippen LogP contribution in [0.25, 0.3) is 0 Å². The molecule has 4 rings (SSSR count). The molecule has 2 aliphatic rings. The van der Waals surface area contributed by atoms with Crippen molar-refractivity contribution in [3.63, 3.8) is 0 Å². The smallest absolute Gasteiger partial charge is 0.409 e. The van der Waals surface area contributed by atoms with E-state index in [1.165, 1.54) is 31.4 Å². The lowest BCUT2D eigenvalue weighted by Gasteiger charge is -2.42. The van der Waals surface area contributed by atoms with Crippen molar-refractivity contribution in [3.05, 3.63) is 60.2 Å². The van der Waals surface area contributed by atoms with E-state index >= 15 is 0 Å². The maximum absolute atomic E-state index is 14.1. The number of sulfone groups is 1. The standard InChI is InChI=1S/C31H41N3O7S/c1-39-25-10-12-27(13-11-25)42(37,38)31(33,34-29(36)41-26-14-19-40-22-26)28(35)21-24(20-23-8-3-2-4-9-23)30(17-7-18-32)15-5-6-16-30/h2-4,8-13,24,26,28,35H,5-7,14-17,19-22,33H2,1H3,(H,34,36). The van der Waals surface area contributed by atoms with Gasteiger partial charge in [-0.15, -0.1) is 0 Å². The number of nitriles is 1. The molecule has 1 saturated carbocycles. The van der Waals surface area contributed by atoms with Crippen LogP contribution in [0.1, 0.15) is 56.9 Å². The fourth-order valence-corrected chi connectivity index (χ4v) is 7.92. The van der Waals surface area contributed by atoms with Gasteiger partial charge in [0.05, 0.1) is 31.3 Å². The molecule has 1 aliphatic carbocycles. The van der Waals surface area contributed by atoms with Gasteiger partial charge in [-0.1, -0.05) is 43.2 Å². The molecule has 4 atom stereocenters. The normalized spacial score (nSPS) is 21.0. The van der Waals surface area contributed by atoms with Gasteiger partial charge < -0.3 is 19.3 Å². The van der Waals surface area contributed by atoms with E-state index in [0.717, 1.165) is 31.2 Å². The van der Waals surface area contributed by atoms with Crippen LogP contribution in [0.2, 0.25) is 0 Å². The van der Waals surface area contributed by atoms with Crippen molar-refractivity contribution in [1.82, 2.24) is 5.32 Å². The van der Waals surface area contributed by atoms with Crippen LogP contribution >= 0.6 is 0 Å². The summed E-state index contributed by atoms with van der Waals surface area (Å²) in [6.07, 6.45) is 2.39. The van der Waals surface area contributed by atoms with Crippen molar-refractivity contribution in [2.45, 2.75) is 79.9 Å². The van der Waals surface area contributed by atoms with E-state index in [4.69, 9.17) is 19.9 Å². The Bertz CT molecular complexity index is 1320. The van der Waals surface area contributed by atoms with Crippen LogP contribution in [0.4, 0.5) is 4.79 Å². The van der Waals surface area contributed by atoms with E-state index in [1.807, 2.05) is 30.3 Å². The summed E-state index contributed by atoms with van der Waals surface area (Å²) in [6.45, 7) is 0.615. The summed E-state index contributed by atoms with van der Waals surface area (Å²) < 4.78 is 44.1. The molecular formula is C31H41N3O7S. The van der Waals surface area contributed by atoms with Crippen molar-refractivity contribution >= 4 is 15.9 Å². The zero-order valence-electron chi connectivity index (χ0n) is 24.0. The molecule has 0 radical (unpaired) electrons. The second kappa shape index (κ2) is 13.9. The SMILES string of the molecule is COc1ccc(S(=O)(=O)C(N)(NC(=O)OC2CCOC2)C(O)CC(Cc2ccccc2)C2(CCC#N)CCCC2)cc1. The Kier molecular flexibility index (Phi) is 10.5. The monoisotopic (exact) mass is 599 g/mol. The second-order valence-electron chi connectivity index (χ2n) is 11.4. The molecular weight excluding hydrogens is 558 g/mol. The Morgan fingerprint density at radius 1 is 1.21 bits per heavy atom. The molecule has 1 amide bonds. The first-order valence-corrected chi connectivity index (χ1v) is 15.9. The molecule has 228 valence electrons. The topological polar surface area (TPSA) is 161 Å². The second-order valence-corrected chi connectivity index (χ2v) is 13.5. The van der Waals surface area contributed by atoms with Crippen LogP contribution < -0.4 is 15.8 Å². The van der Waals surface area contributed by atoms with Crippen LogP contribution in [-0.4, -0.2) is 57.1 Å². The van der Waals surface area contributed by atoms with Crippen LogP contribution in [-0.2, 0) is 25.7 Å². The predicted molar refractivity (Wildman–Crippen MR) is 156 cm³/mol. The molecule has 4 unspecified atom stereocenters. The lowest BCUT2D eigenvalue weighted by Crippen LogP contribution is -2.68. The Hall–Kier alpha value is -3.17. The van der Waals surface area contributed by atoms with E-state index in [2.05, 4.69) is 11.4 Å². The number of aliphatic hydroxyl groups is 1. The van der Waals surface area contributed by atoms with E-state index in [9.17, 15) is 23.6 Å². The molecule has 0 spiro atoms. The number of rotatable bonds is 13. The average Bonchev–Trinajstić information content (AvgIpc) is 3.69. The fourth-order valence-electron chi connectivity index (χ4n) is 6.37. The van der Waals surface area contributed by atoms with Crippen LogP contribution in [0, 0.1) is 22.7 Å². The summed E-state index contributed by atoms with van der Waals surface area (Å²) in [5.41, 5.74) is 7.37. The van der Waals surface area contributed by atoms with Gasteiger partial charge in [-0.05, 0) is 73.3 Å². The number of amides is 1. The highest BCUT2D eigenvalue weighted by atomic mass is 32.2. The molecule has 1 aliphatic heterocycles. The predicted octanol–water partition coefficient (Wildman–Crippen LogP) is 4.07. The Morgan fingerprint density at radius 2 is 1.90 bits per heavy atom. The number of ether oxygens (including phenoxy) is 3. The summed E-state index contributed by atoms with van der Waals surface area (Å²) in [5.74, 6) is 0.232. The minimum absolute atomic E-state index is 0.0149. The van der Waals surface area contributed by atoms with Crippen molar-refractivity contribution in [2.24, 2.45) is 17.1 Å². The fraction of sp³-hybridized carbons (Fsp3) is 0.548. The van der Waals surface area contributed by atoms with Gasteiger partial charge in [-0.3, -0.25) is 11.1 Å². The van der Waals surface area contributed by atoms with Gasteiger partial charge in [0, 0.05) is 12.8 Å². The van der Waals surface area contributed by atoms with Crippen molar-refractivity contribution < 1.29 is 32.5 Å². The number of carbonyl (C=O) groups excluding carboxylic acids is 1. The first-order valence-electron chi connectivity index (χ1n) is 14.5. The third-order valence-electron chi connectivity index (χ3n) is 8.80. The molecule has 2 aromatic carbocycles. The van der Waals surface area contributed by atoms with Crippen molar-refractivity contribution in [1.29, 1.82) is 5.26 Å². The number of carbonyl (C=O) groups is 1. The van der Waals surface area contributed by atoms with E-state index in [1.54, 1.807) is 0 Å². The van der Waals surface area contributed by atoms with Crippen LogP contribution in [0.3, 0.4) is 0 Å². The number of nitrogens with zero attached hydrogens (tertiary/aromatic N) is 1. The van der Waals surface area contributed by atoms with Gasteiger partial charge in [0.2, 0.25) is 14.8 Å². The van der Waals surface area contributed by atoms with Gasteiger partial charge in [0.1, 0.15) is 18.0 Å². The first kappa shape index (κ1) is 31.8. The minimum atomic E-state index is -4.56. The summed E-state index contributed by atoms with van der Waals surface area (Å²) >= 11 is 0. The third kappa shape index (κ3) is 7.06. The molecule has 11 heteroatoms. The molecule has 2 fully saturated rings. The van der Waals surface area contributed by atoms with Gasteiger partial charge in [0.15, 0.2) is 0 Å². The summed E-state index contributed by atoms with van der Waals surface area (Å²) in [4.78, 5) is 10.2. The van der Waals surface area contributed by atoms with E-state index < -0.39 is 33.1 Å². The number of nitrogens with two attached hydrogens (primary N) is 1.